The van der Waals surface area contributed by atoms with Gasteiger partial charge in [0.2, 0.25) is 0 Å². The van der Waals surface area contributed by atoms with Gasteiger partial charge < -0.3 is 10.1 Å². The van der Waals surface area contributed by atoms with Crippen LogP contribution in [0.3, 0.4) is 0 Å². The molecular weight excluding hydrogens is 405 g/mol. The zero-order chi connectivity index (χ0) is 20.7. The van der Waals surface area contributed by atoms with Gasteiger partial charge in [-0.15, -0.1) is 0 Å². The van der Waals surface area contributed by atoms with Gasteiger partial charge in [0, 0.05) is 28.4 Å². The highest BCUT2D eigenvalue weighted by Gasteiger charge is 2.15. The van der Waals surface area contributed by atoms with Crippen LogP contribution in [0.25, 0.3) is 6.08 Å². The molecule has 0 aliphatic heterocycles. The Morgan fingerprint density at radius 1 is 1.36 bits per heavy atom. The Kier molecular flexibility index (Phi) is 7.38. The number of halogens is 2. The van der Waals surface area contributed by atoms with E-state index in [2.05, 4.69) is 5.32 Å². The van der Waals surface area contributed by atoms with Crippen molar-refractivity contribution in [2.45, 2.75) is 13.3 Å². The van der Waals surface area contributed by atoms with Crippen LogP contribution in [0.15, 0.2) is 42.0 Å². The molecule has 2 aromatic carbocycles. The van der Waals surface area contributed by atoms with Crippen LogP contribution in [0.4, 0.5) is 11.4 Å². The van der Waals surface area contributed by atoms with Crippen molar-refractivity contribution in [3.63, 3.8) is 0 Å². The molecule has 2 rings (SSSR count). The minimum atomic E-state index is -0.736. The molecule has 0 aliphatic rings. The molecular formula is C19H15Cl2N3O4. The predicted molar refractivity (Wildman–Crippen MR) is 108 cm³/mol. The summed E-state index contributed by atoms with van der Waals surface area (Å²) in [4.78, 5) is 22.7. The SMILES string of the molecule is CCCOc1c(Cl)cc(Cl)cc1/C=C(\C#N)C(=O)Nc1cccc([N+](=O)[O-])c1. The molecule has 0 bridgehead atoms. The molecule has 0 saturated heterocycles. The summed E-state index contributed by atoms with van der Waals surface area (Å²) in [7, 11) is 0. The first kappa shape index (κ1) is 21.2. The van der Waals surface area contributed by atoms with Gasteiger partial charge in [-0.25, -0.2) is 0 Å². The Balaban J connectivity index is 2.35. The third-order valence-corrected chi connectivity index (χ3v) is 3.97. The highest BCUT2D eigenvalue weighted by molar-refractivity contribution is 6.36. The summed E-state index contributed by atoms with van der Waals surface area (Å²) in [6.45, 7) is 2.32. The number of anilines is 1. The van der Waals surface area contributed by atoms with Gasteiger partial charge in [0.05, 0.1) is 16.6 Å². The van der Waals surface area contributed by atoms with Crippen LogP contribution < -0.4 is 10.1 Å². The summed E-state index contributed by atoms with van der Waals surface area (Å²) < 4.78 is 5.61. The molecule has 1 amide bonds. The second-order valence-electron chi connectivity index (χ2n) is 5.59. The van der Waals surface area contributed by atoms with Crippen molar-refractivity contribution in [3.05, 3.63) is 67.7 Å². The molecule has 0 aliphatic carbocycles. The monoisotopic (exact) mass is 419 g/mol. The van der Waals surface area contributed by atoms with E-state index in [4.69, 9.17) is 27.9 Å². The van der Waals surface area contributed by atoms with Crippen LogP contribution in [-0.4, -0.2) is 17.4 Å². The number of carbonyl (C=O) groups is 1. The number of nitrogens with one attached hydrogen (secondary N) is 1. The van der Waals surface area contributed by atoms with Crippen LogP contribution >= 0.6 is 23.2 Å². The number of nitrogens with zero attached hydrogens (tertiary/aromatic N) is 2. The maximum absolute atomic E-state index is 12.4. The molecule has 0 radical (unpaired) electrons. The molecule has 2 aromatic rings. The van der Waals surface area contributed by atoms with E-state index in [0.29, 0.717) is 22.9 Å². The van der Waals surface area contributed by atoms with E-state index >= 15 is 0 Å². The lowest BCUT2D eigenvalue weighted by Gasteiger charge is -2.11. The number of nitro groups is 1. The molecule has 9 heteroatoms. The van der Waals surface area contributed by atoms with E-state index in [1.165, 1.54) is 42.5 Å². The standard InChI is InChI=1S/C19H15Cl2N3O4/c1-2-6-28-18-12(8-14(20)9-17(18)21)7-13(11-22)19(25)23-15-4-3-5-16(10-15)24(26)27/h3-5,7-10H,2,6H2,1H3,(H,23,25)/b13-7+. The largest absolute Gasteiger partial charge is 0.491 e. The Morgan fingerprint density at radius 3 is 2.75 bits per heavy atom. The average molecular weight is 420 g/mol. The van der Waals surface area contributed by atoms with E-state index in [1.54, 1.807) is 6.07 Å². The molecule has 0 aromatic heterocycles. The van der Waals surface area contributed by atoms with Crippen molar-refractivity contribution in [2.24, 2.45) is 0 Å². The number of amides is 1. The van der Waals surface area contributed by atoms with E-state index in [1.807, 2.05) is 6.92 Å². The van der Waals surface area contributed by atoms with Crippen LogP contribution in [0.2, 0.25) is 10.0 Å². The molecule has 28 heavy (non-hydrogen) atoms. The zero-order valence-electron chi connectivity index (χ0n) is 14.7. The molecule has 1 N–H and O–H groups in total. The van der Waals surface area contributed by atoms with E-state index in [9.17, 15) is 20.2 Å². The number of hydrogen-bond donors (Lipinski definition) is 1. The molecule has 0 fully saturated rings. The molecule has 144 valence electrons. The lowest BCUT2D eigenvalue weighted by molar-refractivity contribution is -0.384. The predicted octanol–water partition coefficient (Wildman–Crippen LogP) is 5.24. The molecule has 0 atom stereocenters. The first-order valence-corrected chi connectivity index (χ1v) is 8.90. The van der Waals surface area contributed by atoms with Gasteiger partial charge >= 0.3 is 0 Å². The van der Waals surface area contributed by atoms with Crippen molar-refractivity contribution in [3.8, 4) is 11.8 Å². The number of nitriles is 1. The number of ether oxygens (including phenoxy) is 1. The molecule has 0 heterocycles. The second-order valence-corrected chi connectivity index (χ2v) is 6.43. The summed E-state index contributed by atoms with van der Waals surface area (Å²) >= 11 is 12.2. The quantitative estimate of drug-likeness (QED) is 0.286. The minimum absolute atomic E-state index is 0.183. The number of rotatable bonds is 7. The maximum Gasteiger partial charge on any atom is 0.271 e. The Labute approximate surface area is 171 Å². The Bertz CT molecular complexity index is 984. The van der Waals surface area contributed by atoms with Crippen molar-refractivity contribution >= 4 is 46.6 Å². The first-order chi connectivity index (χ1) is 13.3. The fraction of sp³-hybridized carbons (Fsp3) is 0.158. The Hall–Kier alpha value is -3.08. The molecule has 7 nitrogen and oxygen atoms in total. The van der Waals surface area contributed by atoms with Crippen LogP contribution in [0.1, 0.15) is 18.9 Å². The molecule has 0 spiro atoms. The van der Waals surface area contributed by atoms with Gasteiger partial charge in [-0.2, -0.15) is 5.26 Å². The van der Waals surface area contributed by atoms with Gasteiger partial charge in [0.15, 0.2) is 0 Å². The topological polar surface area (TPSA) is 105 Å². The molecule has 0 unspecified atom stereocenters. The van der Waals surface area contributed by atoms with Crippen molar-refractivity contribution < 1.29 is 14.5 Å². The van der Waals surface area contributed by atoms with Gasteiger partial charge in [0.1, 0.15) is 17.4 Å². The van der Waals surface area contributed by atoms with Gasteiger partial charge in [0.25, 0.3) is 11.6 Å². The third kappa shape index (κ3) is 5.46. The summed E-state index contributed by atoms with van der Waals surface area (Å²) in [6, 6.07) is 10.2. The lowest BCUT2D eigenvalue weighted by atomic mass is 10.1. The third-order valence-electron chi connectivity index (χ3n) is 3.47. The maximum atomic E-state index is 12.4. The first-order valence-electron chi connectivity index (χ1n) is 8.15. The Morgan fingerprint density at radius 2 is 2.11 bits per heavy atom. The van der Waals surface area contributed by atoms with E-state index < -0.39 is 10.8 Å². The highest BCUT2D eigenvalue weighted by atomic mass is 35.5. The van der Waals surface area contributed by atoms with Crippen LogP contribution in [0.5, 0.6) is 5.75 Å². The summed E-state index contributed by atoms with van der Waals surface area (Å²) in [5.41, 5.74) is 0.131. The zero-order valence-corrected chi connectivity index (χ0v) is 16.3. The number of nitro benzene ring substituents is 1. The van der Waals surface area contributed by atoms with Crippen molar-refractivity contribution in [1.29, 1.82) is 5.26 Å². The highest BCUT2D eigenvalue weighted by Crippen LogP contribution is 2.34. The van der Waals surface area contributed by atoms with Crippen LogP contribution in [-0.2, 0) is 4.79 Å². The number of benzene rings is 2. The minimum Gasteiger partial charge on any atom is -0.491 e. The number of carbonyl (C=O) groups excluding carboxylic acids is 1. The second kappa shape index (κ2) is 9.74. The van der Waals surface area contributed by atoms with Crippen molar-refractivity contribution in [1.82, 2.24) is 0 Å². The number of non-ortho nitro benzene ring substituents is 1. The lowest BCUT2D eigenvalue weighted by Crippen LogP contribution is -2.13. The van der Waals surface area contributed by atoms with Crippen molar-refractivity contribution in [2.75, 3.05) is 11.9 Å². The van der Waals surface area contributed by atoms with E-state index in [0.717, 1.165) is 6.42 Å². The summed E-state index contributed by atoms with van der Waals surface area (Å²) in [6.07, 6.45) is 2.04. The van der Waals surface area contributed by atoms with Gasteiger partial charge in [-0.3, -0.25) is 14.9 Å². The van der Waals surface area contributed by atoms with E-state index in [-0.39, 0.29) is 22.0 Å². The van der Waals surface area contributed by atoms with Gasteiger partial charge in [-0.1, -0.05) is 36.2 Å². The fourth-order valence-corrected chi connectivity index (χ4v) is 2.81. The van der Waals surface area contributed by atoms with Crippen LogP contribution in [0, 0.1) is 21.4 Å². The summed E-state index contributed by atoms with van der Waals surface area (Å²) in [5, 5.41) is 23.3. The number of hydrogen-bond acceptors (Lipinski definition) is 5. The van der Waals surface area contributed by atoms with Gasteiger partial charge in [-0.05, 0) is 30.7 Å². The smallest absolute Gasteiger partial charge is 0.271 e. The summed E-state index contributed by atoms with van der Waals surface area (Å²) in [5.74, 6) is -0.427. The average Bonchev–Trinajstić information content (AvgIpc) is 2.65. The molecule has 0 saturated carbocycles. The normalized spacial score (nSPS) is 10.9. The fourth-order valence-electron chi connectivity index (χ4n) is 2.24.